The lowest BCUT2D eigenvalue weighted by molar-refractivity contribution is 0.637. The molecule has 0 aromatic carbocycles. The highest BCUT2D eigenvalue weighted by Gasteiger charge is 2.04. The van der Waals surface area contributed by atoms with Gasteiger partial charge in [0.15, 0.2) is 0 Å². The maximum absolute atomic E-state index is 4.29. The van der Waals surface area contributed by atoms with Gasteiger partial charge in [-0.25, -0.2) is 9.97 Å². The van der Waals surface area contributed by atoms with Gasteiger partial charge in [-0.3, -0.25) is 0 Å². The van der Waals surface area contributed by atoms with Crippen LogP contribution in [0.1, 0.15) is 11.6 Å². The predicted molar refractivity (Wildman–Crippen MR) is 57.3 cm³/mol. The van der Waals surface area contributed by atoms with Crippen molar-refractivity contribution in [2.24, 2.45) is 7.05 Å². The van der Waals surface area contributed by atoms with Crippen LogP contribution in [0, 0.1) is 0 Å². The highest BCUT2D eigenvalue weighted by Crippen LogP contribution is 2.02. The molecule has 5 heteroatoms. The van der Waals surface area contributed by atoms with Crippen LogP contribution in [0.3, 0.4) is 0 Å². The van der Waals surface area contributed by atoms with E-state index in [1.807, 2.05) is 43.4 Å². The van der Waals surface area contributed by atoms with Gasteiger partial charge in [0.25, 0.3) is 0 Å². The smallest absolute Gasteiger partial charge is 0.128 e. The molecule has 15 heavy (non-hydrogen) atoms. The minimum Gasteiger partial charge on any atom is -0.337 e. The summed E-state index contributed by atoms with van der Waals surface area (Å²) in [5.41, 5.74) is 0. The molecule has 0 unspecified atom stereocenters. The molecule has 0 radical (unpaired) electrons. The second-order valence-corrected chi connectivity index (χ2v) is 3.46. The van der Waals surface area contributed by atoms with E-state index < -0.39 is 0 Å². The normalized spacial score (nSPS) is 10.8. The van der Waals surface area contributed by atoms with Crippen molar-refractivity contribution >= 4 is 0 Å². The summed E-state index contributed by atoms with van der Waals surface area (Å²) in [5, 5.41) is 3.09. The van der Waals surface area contributed by atoms with Gasteiger partial charge in [-0.2, -0.15) is 0 Å². The van der Waals surface area contributed by atoms with E-state index in [1.54, 1.807) is 0 Å². The first-order valence-electron chi connectivity index (χ1n) is 4.92. The first-order valence-corrected chi connectivity index (χ1v) is 4.92. The minimum atomic E-state index is 0.764. The maximum atomic E-state index is 4.29. The third-order valence-corrected chi connectivity index (χ3v) is 2.37. The van der Waals surface area contributed by atoms with Crippen LogP contribution in [-0.4, -0.2) is 26.1 Å². The Hall–Kier alpha value is -1.62. The Morgan fingerprint density at radius 1 is 1.20 bits per heavy atom. The van der Waals surface area contributed by atoms with E-state index in [0.29, 0.717) is 0 Å². The standard InChI is InChI=1S/C10H15N5/c1-11-7-9-12-4-6-15(9)8-10-13-3-5-14(10)2/h3-6,11H,7-8H2,1-2H3. The Labute approximate surface area is 88.8 Å². The van der Waals surface area contributed by atoms with Gasteiger partial charge in [0, 0.05) is 31.8 Å². The first-order chi connectivity index (χ1) is 7.31. The van der Waals surface area contributed by atoms with Crippen LogP contribution in [0.15, 0.2) is 24.8 Å². The SMILES string of the molecule is CNCc1nccn1Cc1nccn1C. The van der Waals surface area contributed by atoms with Gasteiger partial charge < -0.3 is 14.5 Å². The van der Waals surface area contributed by atoms with E-state index in [0.717, 1.165) is 24.7 Å². The summed E-state index contributed by atoms with van der Waals surface area (Å²) in [5.74, 6) is 2.06. The predicted octanol–water partition coefficient (Wildman–Crippen LogP) is 0.384. The zero-order valence-corrected chi connectivity index (χ0v) is 9.01. The molecular weight excluding hydrogens is 190 g/mol. The van der Waals surface area contributed by atoms with Crippen LogP contribution in [-0.2, 0) is 20.1 Å². The highest BCUT2D eigenvalue weighted by molar-refractivity contribution is 4.98. The summed E-state index contributed by atoms with van der Waals surface area (Å²) in [6.07, 6.45) is 7.55. The molecule has 1 N–H and O–H groups in total. The van der Waals surface area contributed by atoms with E-state index in [2.05, 4.69) is 19.9 Å². The molecule has 0 fully saturated rings. The molecule has 0 aliphatic heterocycles. The van der Waals surface area contributed by atoms with Crippen LogP contribution in [0.2, 0.25) is 0 Å². The van der Waals surface area contributed by atoms with Crippen molar-refractivity contribution in [1.82, 2.24) is 24.4 Å². The average Bonchev–Trinajstić information content (AvgIpc) is 2.80. The number of hydrogen-bond acceptors (Lipinski definition) is 3. The summed E-state index contributed by atoms with van der Waals surface area (Å²) in [4.78, 5) is 8.57. The third kappa shape index (κ3) is 2.07. The first kappa shape index (κ1) is 9.92. The van der Waals surface area contributed by atoms with Crippen LogP contribution in [0.25, 0.3) is 0 Å². The topological polar surface area (TPSA) is 47.7 Å². The Morgan fingerprint density at radius 2 is 1.93 bits per heavy atom. The van der Waals surface area contributed by atoms with Crippen molar-refractivity contribution in [3.8, 4) is 0 Å². The second-order valence-electron chi connectivity index (χ2n) is 3.46. The maximum Gasteiger partial charge on any atom is 0.128 e. The molecule has 80 valence electrons. The lowest BCUT2D eigenvalue weighted by Gasteiger charge is -2.07. The lowest BCUT2D eigenvalue weighted by atomic mass is 10.5. The Morgan fingerprint density at radius 3 is 2.60 bits per heavy atom. The highest BCUT2D eigenvalue weighted by atomic mass is 15.1. The van der Waals surface area contributed by atoms with Crippen LogP contribution in [0.5, 0.6) is 0 Å². The van der Waals surface area contributed by atoms with Crippen molar-refractivity contribution in [2.45, 2.75) is 13.1 Å². The molecular formula is C10H15N5. The molecule has 0 aliphatic rings. The molecule has 0 atom stereocenters. The van der Waals surface area contributed by atoms with Crippen LogP contribution >= 0.6 is 0 Å². The molecule has 2 rings (SSSR count). The molecule has 2 aromatic rings. The molecule has 5 nitrogen and oxygen atoms in total. The fourth-order valence-corrected chi connectivity index (χ4v) is 1.51. The van der Waals surface area contributed by atoms with Gasteiger partial charge >= 0.3 is 0 Å². The monoisotopic (exact) mass is 205 g/mol. The molecule has 0 bridgehead atoms. The number of nitrogens with one attached hydrogen (secondary N) is 1. The number of rotatable bonds is 4. The van der Waals surface area contributed by atoms with Gasteiger partial charge in [0.05, 0.1) is 13.1 Å². The fraction of sp³-hybridized carbons (Fsp3) is 0.400. The summed E-state index contributed by atoms with van der Waals surface area (Å²) >= 11 is 0. The number of aromatic nitrogens is 4. The van der Waals surface area contributed by atoms with Crippen molar-refractivity contribution in [3.05, 3.63) is 36.4 Å². The van der Waals surface area contributed by atoms with E-state index in [4.69, 9.17) is 0 Å². The number of imidazole rings is 2. The Bertz CT molecular complexity index is 428. The van der Waals surface area contributed by atoms with E-state index in [9.17, 15) is 0 Å². The summed E-state index contributed by atoms with van der Waals surface area (Å²) < 4.78 is 4.11. The van der Waals surface area contributed by atoms with Crippen molar-refractivity contribution < 1.29 is 0 Å². The average molecular weight is 205 g/mol. The third-order valence-electron chi connectivity index (χ3n) is 2.37. The van der Waals surface area contributed by atoms with Crippen LogP contribution < -0.4 is 5.32 Å². The summed E-state index contributed by atoms with van der Waals surface area (Å²) in [6.45, 7) is 1.54. The number of nitrogens with zero attached hydrogens (tertiary/aromatic N) is 4. The molecule has 0 saturated heterocycles. The van der Waals surface area contributed by atoms with Gasteiger partial charge in [-0.05, 0) is 7.05 Å². The van der Waals surface area contributed by atoms with Crippen molar-refractivity contribution in [3.63, 3.8) is 0 Å². The van der Waals surface area contributed by atoms with Gasteiger partial charge in [0.2, 0.25) is 0 Å². The van der Waals surface area contributed by atoms with Crippen molar-refractivity contribution in [2.75, 3.05) is 7.05 Å². The second kappa shape index (κ2) is 4.27. The zero-order chi connectivity index (χ0) is 10.7. The molecule has 2 heterocycles. The minimum absolute atomic E-state index is 0.764. The summed E-state index contributed by atoms with van der Waals surface area (Å²) in [7, 11) is 3.91. The molecule has 0 saturated carbocycles. The quantitative estimate of drug-likeness (QED) is 0.785. The fourth-order valence-electron chi connectivity index (χ4n) is 1.51. The van der Waals surface area contributed by atoms with Gasteiger partial charge in [-0.15, -0.1) is 0 Å². The Balaban J connectivity index is 2.17. The van der Waals surface area contributed by atoms with E-state index >= 15 is 0 Å². The molecule has 0 spiro atoms. The Kier molecular flexibility index (Phi) is 2.82. The zero-order valence-electron chi connectivity index (χ0n) is 9.01. The van der Waals surface area contributed by atoms with Crippen LogP contribution in [0.4, 0.5) is 0 Å². The van der Waals surface area contributed by atoms with E-state index in [1.165, 1.54) is 0 Å². The number of aryl methyl sites for hydroxylation is 1. The summed E-state index contributed by atoms with van der Waals surface area (Å²) in [6, 6.07) is 0. The molecule has 2 aromatic heterocycles. The van der Waals surface area contributed by atoms with Gasteiger partial charge in [0.1, 0.15) is 11.6 Å². The van der Waals surface area contributed by atoms with Gasteiger partial charge in [-0.1, -0.05) is 0 Å². The lowest BCUT2D eigenvalue weighted by Crippen LogP contribution is -2.14. The van der Waals surface area contributed by atoms with Crippen molar-refractivity contribution in [1.29, 1.82) is 0 Å². The molecule has 0 aliphatic carbocycles. The molecule has 0 amide bonds. The van der Waals surface area contributed by atoms with E-state index in [-0.39, 0.29) is 0 Å². The number of hydrogen-bond donors (Lipinski definition) is 1. The largest absolute Gasteiger partial charge is 0.337 e.